The molecule has 2 aromatic heterocycles. The van der Waals surface area contributed by atoms with Crippen molar-refractivity contribution in [3.63, 3.8) is 0 Å². The number of ether oxygens (including phenoxy) is 1. The van der Waals surface area contributed by atoms with Gasteiger partial charge in [0, 0.05) is 64.6 Å². The summed E-state index contributed by atoms with van der Waals surface area (Å²) in [7, 11) is 0. The van der Waals surface area contributed by atoms with Gasteiger partial charge in [0.25, 0.3) is 0 Å². The highest BCUT2D eigenvalue weighted by Crippen LogP contribution is 2.51. The summed E-state index contributed by atoms with van der Waals surface area (Å²) in [5.41, 5.74) is 3.45. The molecule has 10 rings (SSSR count). The number of aromatic nitrogens is 2. The molecule has 8 nitrogen and oxygen atoms in total. The number of halogens is 5. The number of hydrogen-bond donors (Lipinski definition) is 1. The number of benzene rings is 3. The highest BCUT2D eigenvalue weighted by Gasteiger charge is 2.51. The van der Waals surface area contributed by atoms with Gasteiger partial charge in [0.15, 0.2) is 23.2 Å². The van der Waals surface area contributed by atoms with Crippen LogP contribution in [0.3, 0.4) is 0 Å². The molecule has 1 amide bonds. The molecule has 1 N–H and O–H groups in total. The fraction of sp³-hybridized carbons (Fsp3) is 0.366. The fourth-order valence-corrected chi connectivity index (χ4v) is 9.37. The van der Waals surface area contributed by atoms with Crippen molar-refractivity contribution < 1.29 is 22.7 Å². The quantitative estimate of drug-likeness (QED) is 0.169. The monoisotopic (exact) mass is 768 g/mol. The Morgan fingerprint density at radius 1 is 1.07 bits per heavy atom. The number of amides is 1. The molecule has 5 aromatic rings. The normalized spacial score (nSPS) is 23.1. The van der Waals surface area contributed by atoms with Crippen molar-refractivity contribution in [3.8, 4) is 29.0 Å². The van der Waals surface area contributed by atoms with E-state index >= 15 is 13.2 Å². The van der Waals surface area contributed by atoms with Gasteiger partial charge in [-0.3, -0.25) is 4.79 Å². The van der Waals surface area contributed by atoms with E-state index in [0.717, 1.165) is 54.5 Å². The van der Waals surface area contributed by atoms with Gasteiger partial charge in [0.2, 0.25) is 5.91 Å². The summed E-state index contributed by atoms with van der Waals surface area (Å²) in [4.78, 5) is 20.6. The summed E-state index contributed by atoms with van der Waals surface area (Å²) in [5, 5.41) is 24.3. The lowest BCUT2D eigenvalue weighted by Gasteiger charge is -2.39. The Kier molecular flexibility index (Phi) is 8.53. The second-order valence-corrected chi connectivity index (χ2v) is 15.7. The summed E-state index contributed by atoms with van der Waals surface area (Å²) < 4.78 is 55.5. The van der Waals surface area contributed by atoms with E-state index in [2.05, 4.69) is 16.0 Å². The minimum absolute atomic E-state index is 0.00132. The lowest BCUT2D eigenvalue weighted by atomic mass is 9.79. The molecule has 0 radical (unpaired) electrons. The van der Waals surface area contributed by atoms with E-state index in [1.807, 2.05) is 19.1 Å². The van der Waals surface area contributed by atoms with Crippen molar-refractivity contribution in [1.29, 1.82) is 10.5 Å². The predicted octanol–water partition coefficient (Wildman–Crippen LogP) is 8.88. The first-order chi connectivity index (χ1) is 26.1. The van der Waals surface area contributed by atoms with Crippen LogP contribution in [0.4, 0.5) is 13.2 Å². The molecule has 2 bridgehead atoms. The molecule has 5 unspecified atom stereocenters. The second-order valence-electron chi connectivity index (χ2n) is 14.9. The minimum atomic E-state index is -0.984. The summed E-state index contributed by atoms with van der Waals surface area (Å²) in [6.45, 7) is 2.77. The van der Waals surface area contributed by atoms with Gasteiger partial charge in [0.1, 0.15) is 11.6 Å². The van der Waals surface area contributed by atoms with Crippen LogP contribution in [-0.2, 0) is 11.2 Å². The molecule has 5 heterocycles. The fourth-order valence-electron chi connectivity index (χ4n) is 8.97. The molecule has 54 heavy (non-hydrogen) atoms. The smallest absolute Gasteiger partial charge is 0.226 e. The molecule has 13 heteroatoms. The molecular formula is C41H33Cl2F3N6O2. The maximum Gasteiger partial charge on any atom is 0.226 e. The predicted molar refractivity (Wildman–Crippen MR) is 198 cm³/mol. The Labute approximate surface area is 319 Å². The van der Waals surface area contributed by atoms with Gasteiger partial charge in [-0.1, -0.05) is 35.3 Å². The second kappa shape index (κ2) is 13.2. The van der Waals surface area contributed by atoms with Crippen LogP contribution in [0.2, 0.25) is 10.0 Å². The first-order valence-electron chi connectivity index (χ1n) is 18.1. The molecule has 3 aliphatic heterocycles. The molecule has 5 aliphatic rings. The largest absolute Gasteiger partial charge is 0.482 e. The van der Waals surface area contributed by atoms with Crippen molar-refractivity contribution >= 4 is 50.9 Å². The average molecular weight is 770 g/mol. The van der Waals surface area contributed by atoms with E-state index in [-0.39, 0.29) is 76.4 Å². The summed E-state index contributed by atoms with van der Waals surface area (Å²) in [6, 6.07) is 14.4. The third kappa shape index (κ3) is 5.51. The summed E-state index contributed by atoms with van der Waals surface area (Å²) >= 11 is 13.1. The van der Waals surface area contributed by atoms with E-state index in [1.54, 1.807) is 29.2 Å². The highest BCUT2D eigenvalue weighted by molar-refractivity contribution is 6.43. The van der Waals surface area contributed by atoms with Crippen molar-refractivity contribution in [1.82, 2.24) is 19.8 Å². The third-order valence-corrected chi connectivity index (χ3v) is 12.5. The molecule has 2 saturated carbocycles. The van der Waals surface area contributed by atoms with E-state index in [9.17, 15) is 15.3 Å². The molecule has 3 saturated heterocycles. The Morgan fingerprint density at radius 3 is 2.52 bits per heavy atom. The van der Waals surface area contributed by atoms with Gasteiger partial charge in [-0.15, -0.1) is 0 Å². The van der Waals surface area contributed by atoms with E-state index in [4.69, 9.17) is 32.9 Å². The standard InChI is InChI=1S/C41H33Cl2F3N6O2/c1-19-26-15-33(32-14-24(18-51(32)41(53)21-7-8-21)54-40-29(44)10-20(16-48)11-30(40)45)52(38-23-13-31(38)49-17-23)39(26)27-12-22(4-3-9-47)34(36(46)37(27)50-19)25-5-2-6-28(42)35(25)43/h2,5-6,10-12,15,21,23-24,31-32,38,49H,3-4,7-8,13-14,17-18H2,1H3. The van der Waals surface area contributed by atoms with E-state index < -0.39 is 35.3 Å². The number of rotatable bonds is 8. The maximum atomic E-state index is 17.2. The Morgan fingerprint density at radius 2 is 1.85 bits per heavy atom. The van der Waals surface area contributed by atoms with Crippen LogP contribution < -0.4 is 10.1 Å². The molecule has 5 fully saturated rings. The Hall–Kier alpha value is -4.81. The van der Waals surface area contributed by atoms with Crippen LogP contribution in [0.5, 0.6) is 5.75 Å². The van der Waals surface area contributed by atoms with Gasteiger partial charge < -0.3 is 19.5 Å². The van der Waals surface area contributed by atoms with Gasteiger partial charge in [-0.25, -0.2) is 18.2 Å². The van der Waals surface area contributed by atoms with Crippen molar-refractivity contribution in [2.75, 3.05) is 13.1 Å². The topological polar surface area (TPSA) is 107 Å². The van der Waals surface area contributed by atoms with E-state index in [0.29, 0.717) is 28.1 Å². The van der Waals surface area contributed by atoms with Crippen LogP contribution in [0.15, 0.2) is 42.5 Å². The maximum absolute atomic E-state index is 17.2. The number of nitriles is 2. The number of carbonyl (C=O) groups excluding carboxylic acids is 1. The number of pyridine rings is 1. The Balaban J connectivity index is 1.24. The number of fused-ring (bicyclic) bond motifs is 4. The van der Waals surface area contributed by atoms with Gasteiger partial charge >= 0.3 is 0 Å². The zero-order chi connectivity index (χ0) is 37.6. The van der Waals surface area contributed by atoms with Crippen LogP contribution in [0.25, 0.3) is 32.9 Å². The molecule has 5 atom stereocenters. The molecule has 274 valence electrons. The summed E-state index contributed by atoms with van der Waals surface area (Å²) in [6.07, 6.45) is 2.43. The highest BCUT2D eigenvalue weighted by atomic mass is 35.5. The van der Waals surface area contributed by atoms with Crippen LogP contribution >= 0.6 is 23.2 Å². The van der Waals surface area contributed by atoms with Crippen molar-refractivity contribution in [3.05, 3.63) is 92.5 Å². The first kappa shape index (κ1) is 34.9. The zero-order valence-corrected chi connectivity index (χ0v) is 30.6. The third-order valence-electron chi connectivity index (χ3n) is 11.7. The lowest BCUT2D eigenvalue weighted by Crippen LogP contribution is -2.41. The van der Waals surface area contributed by atoms with Gasteiger partial charge in [-0.2, -0.15) is 10.5 Å². The van der Waals surface area contributed by atoms with Crippen LogP contribution in [0.1, 0.15) is 66.7 Å². The van der Waals surface area contributed by atoms with Crippen molar-refractivity contribution in [2.45, 2.75) is 69.7 Å². The van der Waals surface area contributed by atoms with Gasteiger partial charge in [0.05, 0.1) is 51.9 Å². The number of nitrogens with one attached hydrogen (secondary N) is 1. The number of aryl methyl sites for hydroxylation is 2. The average Bonchev–Trinajstić information content (AvgIpc) is 3.44. The van der Waals surface area contributed by atoms with Crippen molar-refractivity contribution in [2.24, 2.45) is 11.8 Å². The molecule has 0 spiro atoms. The first-order valence-corrected chi connectivity index (χ1v) is 18.9. The van der Waals surface area contributed by atoms with E-state index in [1.165, 1.54) is 0 Å². The Bertz CT molecular complexity index is 2470. The lowest BCUT2D eigenvalue weighted by molar-refractivity contribution is -0.133. The molecule has 2 aliphatic carbocycles. The number of hydrogen-bond acceptors (Lipinski definition) is 6. The minimum Gasteiger partial charge on any atom is -0.482 e. The molecular weight excluding hydrogens is 736 g/mol. The van der Waals surface area contributed by atoms with Crippen LogP contribution in [-0.4, -0.2) is 45.6 Å². The number of carbonyl (C=O) groups is 1. The summed E-state index contributed by atoms with van der Waals surface area (Å²) in [5.74, 6) is -2.99. The van der Waals surface area contributed by atoms with Crippen LogP contribution in [0, 0.1) is 58.9 Å². The number of nitrogens with zero attached hydrogens (tertiary/aromatic N) is 5. The number of likely N-dealkylation sites (tertiary alicyclic amines) is 1. The SMILES string of the molecule is Cc1nc2c(F)c(-c3cccc(Cl)c3Cl)c(CCC#N)cc2c2c1cc(C1CC(Oc3c(F)cc(C#N)cc3F)CN1C(=O)C1CC1)n2C1C2CNC1C2. The zero-order valence-electron chi connectivity index (χ0n) is 29.1. The van der Waals surface area contributed by atoms with Gasteiger partial charge in [-0.05, 0) is 74.4 Å². The molecule has 3 aromatic carbocycles.